The van der Waals surface area contributed by atoms with E-state index in [9.17, 15) is 0 Å². The zero-order valence-corrected chi connectivity index (χ0v) is 16.9. The fourth-order valence-corrected chi connectivity index (χ4v) is 4.43. The minimum atomic E-state index is 0.350. The molecule has 0 radical (unpaired) electrons. The Morgan fingerprint density at radius 1 is 1.28 bits per heavy atom. The van der Waals surface area contributed by atoms with E-state index in [0.717, 1.165) is 59.3 Å². The number of fused-ring (bicyclic) bond motifs is 1. The molecule has 148 valence electrons. The molecule has 0 unspecified atom stereocenters. The van der Waals surface area contributed by atoms with Gasteiger partial charge in [0.2, 0.25) is 5.95 Å². The van der Waals surface area contributed by atoms with Gasteiger partial charge in [0.25, 0.3) is 0 Å². The van der Waals surface area contributed by atoms with Crippen LogP contribution in [0.25, 0.3) is 27.6 Å². The van der Waals surface area contributed by atoms with Gasteiger partial charge in [-0.05, 0) is 37.6 Å². The number of methoxy groups -OCH3 is 1. The summed E-state index contributed by atoms with van der Waals surface area (Å²) >= 11 is 1.61. The van der Waals surface area contributed by atoms with E-state index in [1.807, 2.05) is 48.1 Å². The number of anilines is 1. The highest BCUT2D eigenvalue weighted by molar-refractivity contribution is 7.15. The normalized spacial score (nSPS) is 16.8. The predicted molar refractivity (Wildman–Crippen MR) is 116 cm³/mol. The molecule has 0 aliphatic carbocycles. The Morgan fingerprint density at radius 3 is 3.10 bits per heavy atom. The highest BCUT2D eigenvalue weighted by Gasteiger charge is 2.20. The van der Waals surface area contributed by atoms with Gasteiger partial charge >= 0.3 is 0 Å². The van der Waals surface area contributed by atoms with Crippen molar-refractivity contribution in [3.05, 3.63) is 48.1 Å². The third kappa shape index (κ3) is 3.56. The quantitative estimate of drug-likeness (QED) is 0.526. The van der Waals surface area contributed by atoms with Crippen LogP contribution in [0.3, 0.4) is 0 Å². The van der Waals surface area contributed by atoms with E-state index >= 15 is 0 Å². The van der Waals surface area contributed by atoms with Gasteiger partial charge in [-0.1, -0.05) is 12.1 Å². The van der Waals surface area contributed by atoms with Crippen LogP contribution in [0, 0.1) is 0 Å². The largest absolute Gasteiger partial charge is 0.497 e. The van der Waals surface area contributed by atoms with Crippen molar-refractivity contribution < 1.29 is 4.74 Å². The lowest BCUT2D eigenvalue weighted by molar-refractivity contribution is 0.415. The SMILES string of the molecule is COc1cccc(-c2nc3sccn3c2-c2ccnc(N[C@H]3CCCNC3)n2)c1. The fourth-order valence-electron chi connectivity index (χ4n) is 3.72. The standard InChI is InChI=1S/C21H22N6OS/c1-28-16-6-2-4-14(12-16)18-19(27-10-11-29-21(27)26-18)17-7-9-23-20(25-17)24-15-5-3-8-22-13-15/h2,4,6-7,9-12,15,22H,3,5,8,13H2,1H3,(H,23,24,25)/t15-/m0/s1. The second kappa shape index (κ2) is 7.81. The maximum Gasteiger partial charge on any atom is 0.223 e. The number of thiazole rings is 1. The number of nitrogens with zero attached hydrogens (tertiary/aromatic N) is 4. The summed E-state index contributed by atoms with van der Waals surface area (Å²) in [7, 11) is 1.67. The minimum Gasteiger partial charge on any atom is -0.497 e. The average molecular weight is 407 g/mol. The molecule has 4 aromatic rings. The third-order valence-corrected chi connectivity index (χ3v) is 5.89. The van der Waals surface area contributed by atoms with Crippen LogP contribution in [0.2, 0.25) is 0 Å². The molecular weight excluding hydrogens is 384 g/mol. The minimum absolute atomic E-state index is 0.350. The van der Waals surface area contributed by atoms with Crippen molar-refractivity contribution in [1.29, 1.82) is 0 Å². The Kier molecular flexibility index (Phi) is 4.87. The zero-order valence-electron chi connectivity index (χ0n) is 16.1. The molecule has 7 nitrogen and oxygen atoms in total. The lowest BCUT2D eigenvalue weighted by Crippen LogP contribution is -2.38. The van der Waals surface area contributed by atoms with Crippen LogP contribution in [-0.4, -0.2) is 45.6 Å². The van der Waals surface area contributed by atoms with E-state index in [0.29, 0.717) is 12.0 Å². The van der Waals surface area contributed by atoms with Gasteiger partial charge < -0.3 is 15.4 Å². The Morgan fingerprint density at radius 2 is 2.24 bits per heavy atom. The second-order valence-corrected chi connectivity index (χ2v) is 7.92. The molecule has 1 aliphatic heterocycles. The third-order valence-electron chi connectivity index (χ3n) is 5.13. The molecule has 1 aromatic carbocycles. The molecule has 1 aliphatic rings. The summed E-state index contributed by atoms with van der Waals surface area (Å²) in [6.07, 6.45) is 6.13. The second-order valence-electron chi connectivity index (χ2n) is 7.05. The molecule has 0 bridgehead atoms. The van der Waals surface area contributed by atoms with Crippen LogP contribution in [0.1, 0.15) is 12.8 Å². The van der Waals surface area contributed by atoms with Crippen molar-refractivity contribution in [2.45, 2.75) is 18.9 Å². The maximum absolute atomic E-state index is 5.41. The van der Waals surface area contributed by atoms with Gasteiger partial charge in [-0.2, -0.15) is 0 Å². The van der Waals surface area contributed by atoms with Crippen molar-refractivity contribution in [3.63, 3.8) is 0 Å². The molecule has 2 N–H and O–H groups in total. The summed E-state index contributed by atoms with van der Waals surface area (Å²) in [6, 6.07) is 10.3. The Balaban J connectivity index is 1.57. The van der Waals surface area contributed by atoms with Gasteiger partial charge in [0.1, 0.15) is 11.4 Å². The van der Waals surface area contributed by atoms with Gasteiger partial charge in [0.15, 0.2) is 4.96 Å². The topological polar surface area (TPSA) is 76.4 Å². The van der Waals surface area contributed by atoms with E-state index in [4.69, 9.17) is 14.7 Å². The van der Waals surface area contributed by atoms with Crippen LogP contribution in [0.4, 0.5) is 5.95 Å². The van der Waals surface area contributed by atoms with Crippen LogP contribution >= 0.6 is 11.3 Å². The van der Waals surface area contributed by atoms with E-state index < -0.39 is 0 Å². The smallest absolute Gasteiger partial charge is 0.223 e. The lowest BCUT2D eigenvalue weighted by Gasteiger charge is -2.23. The molecule has 5 rings (SSSR count). The molecule has 1 fully saturated rings. The number of ether oxygens (including phenoxy) is 1. The number of nitrogens with one attached hydrogen (secondary N) is 2. The summed E-state index contributed by atoms with van der Waals surface area (Å²) < 4.78 is 7.50. The molecular formula is C21H22N6OS. The van der Waals surface area contributed by atoms with Crippen LogP contribution in [0.15, 0.2) is 48.1 Å². The summed E-state index contributed by atoms with van der Waals surface area (Å²) in [6.45, 7) is 2.01. The number of benzene rings is 1. The molecule has 29 heavy (non-hydrogen) atoms. The Labute approximate surface area is 172 Å². The summed E-state index contributed by atoms with van der Waals surface area (Å²) in [4.78, 5) is 15.1. The van der Waals surface area contributed by atoms with Gasteiger partial charge in [-0.15, -0.1) is 11.3 Å². The number of aromatic nitrogens is 4. The molecule has 8 heteroatoms. The van der Waals surface area contributed by atoms with Gasteiger partial charge in [-0.3, -0.25) is 4.40 Å². The number of imidazole rings is 1. The lowest BCUT2D eigenvalue weighted by atomic mass is 10.1. The molecule has 3 aromatic heterocycles. The fraction of sp³-hybridized carbons (Fsp3) is 0.286. The van der Waals surface area contributed by atoms with Crippen molar-refractivity contribution >= 4 is 22.2 Å². The maximum atomic E-state index is 5.41. The van der Waals surface area contributed by atoms with Crippen molar-refractivity contribution in [2.24, 2.45) is 0 Å². The molecule has 4 heterocycles. The highest BCUT2D eigenvalue weighted by Crippen LogP contribution is 2.34. The first kappa shape index (κ1) is 18.1. The van der Waals surface area contributed by atoms with Gasteiger partial charge in [-0.25, -0.2) is 15.0 Å². The Bertz CT molecular complexity index is 1130. The van der Waals surface area contributed by atoms with Gasteiger partial charge in [0, 0.05) is 35.9 Å². The van der Waals surface area contributed by atoms with Crippen molar-refractivity contribution in [2.75, 3.05) is 25.5 Å². The number of piperidine rings is 1. The predicted octanol–water partition coefficient (Wildman–Crippen LogP) is 3.69. The van der Waals surface area contributed by atoms with Gasteiger partial charge in [0.05, 0.1) is 18.5 Å². The molecule has 0 spiro atoms. The van der Waals surface area contributed by atoms with Crippen LogP contribution in [0.5, 0.6) is 5.75 Å². The summed E-state index contributed by atoms with van der Waals surface area (Å²) in [5.41, 5.74) is 3.69. The average Bonchev–Trinajstić information content (AvgIpc) is 3.36. The van der Waals surface area contributed by atoms with E-state index in [1.54, 1.807) is 18.4 Å². The summed E-state index contributed by atoms with van der Waals surface area (Å²) in [5.74, 6) is 1.46. The number of hydrogen-bond donors (Lipinski definition) is 2. The van der Waals surface area contributed by atoms with Crippen LogP contribution < -0.4 is 15.4 Å². The molecule has 0 amide bonds. The van der Waals surface area contributed by atoms with Crippen molar-refractivity contribution in [1.82, 2.24) is 24.7 Å². The number of hydrogen-bond acceptors (Lipinski definition) is 7. The van der Waals surface area contributed by atoms with Crippen LogP contribution in [-0.2, 0) is 0 Å². The zero-order chi connectivity index (χ0) is 19.6. The van der Waals surface area contributed by atoms with E-state index in [-0.39, 0.29) is 0 Å². The monoisotopic (exact) mass is 406 g/mol. The first-order valence-corrected chi connectivity index (χ1v) is 10.6. The number of rotatable bonds is 5. The van der Waals surface area contributed by atoms with E-state index in [2.05, 4.69) is 20.0 Å². The first-order valence-electron chi connectivity index (χ1n) is 9.72. The molecule has 1 atom stereocenters. The first-order chi connectivity index (χ1) is 14.3. The van der Waals surface area contributed by atoms with E-state index in [1.165, 1.54) is 0 Å². The Hall–Kier alpha value is -2.97. The molecule has 0 saturated carbocycles. The molecule has 1 saturated heterocycles. The summed E-state index contributed by atoms with van der Waals surface area (Å²) in [5, 5.41) is 8.92. The highest BCUT2D eigenvalue weighted by atomic mass is 32.1. The van der Waals surface area contributed by atoms with Crippen molar-refractivity contribution in [3.8, 4) is 28.4 Å².